The van der Waals surface area contributed by atoms with Gasteiger partial charge in [-0.05, 0) is 25.3 Å². The number of aliphatic hydroxyl groups excluding tert-OH is 1. The van der Waals surface area contributed by atoms with Crippen molar-refractivity contribution in [2.24, 2.45) is 5.92 Å². The summed E-state index contributed by atoms with van der Waals surface area (Å²) in [5.41, 5.74) is 1.13. The maximum Gasteiger partial charge on any atom is 0.133 e. The Morgan fingerprint density at radius 3 is 2.62 bits per heavy atom. The van der Waals surface area contributed by atoms with Crippen LogP contribution in [0.2, 0.25) is 0 Å². The van der Waals surface area contributed by atoms with Crippen LogP contribution < -0.4 is 0 Å². The molecule has 1 atom stereocenters. The topological polar surface area (TPSA) is 37.3 Å². The Kier molecular flexibility index (Phi) is 5.51. The molecule has 1 rings (SSSR count). The molecular weight excluding hydrogens is 200 g/mol. The summed E-state index contributed by atoms with van der Waals surface area (Å²) in [4.78, 5) is 11.2. The Balaban J connectivity index is 2.49. The lowest BCUT2D eigenvalue weighted by molar-refractivity contribution is -0.121. The molecule has 2 heteroatoms. The van der Waals surface area contributed by atoms with E-state index >= 15 is 0 Å². The van der Waals surface area contributed by atoms with Gasteiger partial charge >= 0.3 is 0 Å². The molecule has 1 N–H and O–H groups in total. The van der Waals surface area contributed by atoms with Crippen molar-refractivity contribution in [2.75, 3.05) is 6.61 Å². The number of allylic oxidation sites excluding steroid dienone is 1. The lowest BCUT2D eigenvalue weighted by atomic mass is 9.97. The van der Waals surface area contributed by atoms with Gasteiger partial charge in [-0.15, -0.1) is 0 Å². The van der Waals surface area contributed by atoms with Crippen LogP contribution in [0.1, 0.15) is 25.3 Å². The van der Waals surface area contributed by atoms with Gasteiger partial charge in [-0.1, -0.05) is 42.5 Å². The minimum Gasteiger partial charge on any atom is -0.396 e. The third-order valence-electron chi connectivity index (χ3n) is 2.58. The van der Waals surface area contributed by atoms with Gasteiger partial charge in [0, 0.05) is 12.5 Å². The zero-order chi connectivity index (χ0) is 11.8. The SMILES string of the molecule is CC(=O)C(C/C=C/c1ccccc1)CCO. The lowest BCUT2D eigenvalue weighted by Crippen LogP contribution is -2.11. The van der Waals surface area contributed by atoms with Crippen LogP contribution in [0, 0.1) is 5.92 Å². The number of Topliss-reactive ketones (excluding diaryl/α,β-unsaturated/α-hetero) is 1. The van der Waals surface area contributed by atoms with E-state index in [0.717, 1.165) is 5.56 Å². The number of hydrogen-bond donors (Lipinski definition) is 1. The van der Waals surface area contributed by atoms with E-state index in [1.54, 1.807) is 6.92 Å². The molecule has 0 fully saturated rings. The molecule has 0 aliphatic rings. The van der Waals surface area contributed by atoms with Crippen molar-refractivity contribution in [2.45, 2.75) is 19.8 Å². The van der Waals surface area contributed by atoms with E-state index in [0.29, 0.717) is 12.8 Å². The summed E-state index contributed by atoms with van der Waals surface area (Å²) in [6.07, 6.45) is 5.25. The monoisotopic (exact) mass is 218 g/mol. The maximum atomic E-state index is 11.2. The summed E-state index contributed by atoms with van der Waals surface area (Å²) in [5.74, 6) is 0.0942. The molecular formula is C14H18O2. The molecule has 0 heterocycles. The summed E-state index contributed by atoms with van der Waals surface area (Å²) in [5, 5.41) is 8.83. The van der Waals surface area contributed by atoms with Gasteiger partial charge in [0.2, 0.25) is 0 Å². The Hall–Kier alpha value is -1.41. The predicted octanol–water partition coefficient (Wildman–Crippen LogP) is 2.68. The summed E-state index contributed by atoms with van der Waals surface area (Å²) >= 11 is 0. The van der Waals surface area contributed by atoms with Gasteiger partial charge in [0.15, 0.2) is 0 Å². The molecule has 2 nitrogen and oxygen atoms in total. The molecule has 0 amide bonds. The summed E-state index contributed by atoms with van der Waals surface area (Å²) in [6, 6.07) is 9.98. The van der Waals surface area contributed by atoms with Crippen LogP contribution in [0.3, 0.4) is 0 Å². The molecule has 0 bridgehead atoms. The fourth-order valence-corrected chi connectivity index (χ4v) is 1.58. The molecule has 1 aromatic carbocycles. The first-order valence-corrected chi connectivity index (χ1v) is 5.57. The van der Waals surface area contributed by atoms with Gasteiger partial charge in [0.1, 0.15) is 5.78 Å². The van der Waals surface area contributed by atoms with E-state index < -0.39 is 0 Å². The summed E-state index contributed by atoms with van der Waals surface area (Å²) in [6.45, 7) is 1.65. The average Bonchev–Trinajstić information content (AvgIpc) is 2.29. The highest BCUT2D eigenvalue weighted by Gasteiger charge is 2.10. The first kappa shape index (κ1) is 12.7. The molecule has 0 saturated heterocycles. The van der Waals surface area contributed by atoms with Gasteiger partial charge in [-0.2, -0.15) is 0 Å². The first-order chi connectivity index (χ1) is 7.74. The highest BCUT2D eigenvalue weighted by Crippen LogP contribution is 2.12. The fourth-order valence-electron chi connectivity index (χ4n) is 1.58. The summed E-state index contributed by atoms with van der Waals surface area (Å²) < 4.78 is 0. The third-order valence-corrected chi connectivity index (χ3v) is 2.58. The molecule has 1 unspecified atom stereocenters. The van der Waals surface area contributed by atoms with Crippen LogP contribution in [-0.4, -0.2) is 17.5 Å². The van der Waals surface area contributed by atoms with Crippen molar-refractivity contribution < 1.29 is 9.90 Å². The Morgan fingerprint density at radius 1 is 1.38 bits per heavy atom. The van der Waals surface area contributed by atoms with Gasteiger partial charge in [0.05, 0.1) is 0 Å². The lowest BCUT2D eigenvalue weighted by Gasteiger charge is -2.08. The minimum absolute atomic E-state index is 0.0510. The Bertz CT molecular complexity index is 341. The molecule has 0 aliphatic carbocycles. The molecule has 1 aromatic rings. The van der Waals surface area contributed by atoms with Crippen LogP contribution in [-0.2, 0) is 4.79 Å². The van der Waals surface area contributed by atoms with E-state index in [1.807, 2.05) is 42.5 Å². The van der Waals surface area contributed by atoms with Crippen molar-refractivity contribution in [3.63, 3.8) is 0 Å². The van der Waals surface area contributed by atoms with E-state index in [1.165, 1.54) is 0 Å². The third kappa shape index (κ3) is 4.41. The maximum absolute atomic E-state index is 11.2. The minimum atomic E-state index is -0.0510. The number of carbonyl (C=O) groups is 1. The van der Waals surface area contributed by atoms with E-state index in [4.69, 9.17) is 5.11 Å². The van der Waals surface area contributed by atoms with Crippen LogP contribution in [0.15, 0.2) is 36.4 Å². The van der Waals surface area contributed by atoms with Gasteiger partial charge in [-0.3, -0.25) is 4.79 Å². The van der Waals surface area contributed by atoms with Gasteiger partial charge in [0.25, 0.3) is 0 Å². The van der Waals surface area contributed by atoms with E-state index in [2.05, 4.69) is 0 Å². The van der Waals surface area contributed by atoms with Crippen LogP contribution in [0.25, 0.3) is 6.08 Å². The van der Waals surface area contributed by atoms with Crippen LogP contribution >= 0.6 is 0 Å². The molecule has 86 valence electrons. The number of benzene rings is 1. The predicted molar refractivity (Wildman–Crippen MR) is 66.0 cm³/mol. The number of aliphatic hydroxyl groups is 1. The number of carbonyl (C=O) groups excluding carboxylic acids is 1. The molecule has 0 aliphatic heterocycles. The van der Waals surface area contributed by atoms with E-state index in [-0.39, 0.29) is 18.3 Å². The smallest absolute Gasteiger partial charge is 0.133 e. The second kappa shape index (κ2) is 6.96. The molecule has 0 spiro atoms. The number of rotatable bonds is 6. The van der Waals surface area contributed by atoms with Crippen molar-refractivity contribution >= 4 is 11.9 Å². The second-order valence-electron chi connectivity index (χ2n) is 3.87. The largest absolute Gasteiger partial charge is 0.396 e. The number of ketones is 1. The van der Waals surface area contributed by atoms with Crippen LogP contribution in [0.5, 0.6) is 0 Å². The quantitative estimate of drug-likeness (QED) is 0.797. The molecule has 0 aromatic heterocycles. The second-order valence-corrected chi connectivity index (χ2v) is 3.87. The van der Waals surface area contributed by atoms with Gasteiger partial charge < -0.3 is 5.11 Å². The summed E-state index contributed by atoms with van der Waals surface area (Å²) in [7, 11) is 0. The van der Waals surface area contributed by atoms with Gasteiger partial charge in [-0.25, -0.2) is 0 Å². The normalized spacial score (nSPS) is 12.9. The van der Waals surface area contributed by atoms with Crippen molar-refractivity contribution in [1.82, 2.24) is 0 Å². The highest BCUT2D eigenvalue weighted by molar-refractivity contribution is 5.78. The van der Waals surface area contributed by atoms with Crippen molar-refractivity contribution in [1.29, 1.82) is 0 Å². The molecule has 0 radical (unpaired) electrons. The zero-order valence-corrected chi connectivity index (χ0v) is 9.60. The Morgan fingerprint density at radius 2 is 2.06 bits per heavy atom. The van der Waals surface area contributed by atoms with Crippen molar-refractivity contribution in [3.05, 3.63) is 42.0 Å². The van der Waals surface area contributed by atoms with E-state index in [9.17, 15) is 4.79 Å². The fraction of sp³-hybridized carbons (Fsp3) is 0.357. The zero-order valence-electron chi connectivity index (χ0n) is 9.60. The highest BCUT2D eigenvalue weighted by atomic mass is 16.3. The standard InChI is InChI=1S/C14H18O2/c1-12(16)14(10-11-15)9-5-8-13-6-3-2-4-7-13/h2-8,14-15H,9-11H2,1H3/b8-5+. The average molecular weight is 218 g/mol. The Labute approximate surface area is 96.6 Å². The first-order valence-electron chi connectivity index (χ1n) is 5.57. The van der Waals surface area contributed by atoms with Crippen LogP contribution in [0.4, 0.5) is 0 Å². The molecule has 16 heavy (non-hydrogen) atoms. The molecule has 0 saturated carbocycles. The number of hydrogen-bond acceptors (Lipinski definition) is 2. The van der Waals surface area contributed by atoms with Crippen molar-refractivity contribution in [3.8, 4) is 0 Å².